The van der Waals surface area contributed by atoms with E-state index in [0.29, 0.717) is 5.15 Å². The fourth-order valence-electron chi connectivity index (χ4n) is 1.81. The first-order valence-corrected chi connectivity index (χ1v) is 6.12. The molecule has 0 saturated heterocycles. The van der Waals surface area contributed by atoms with Gasteiger partial charge >= 0.3 is 0 Å². The van der Waals surface area contributed by atoms with E-state index in [1.807, 2.05) is 37.3 Å². The SMILES string of the molecule is CCc1cc(Cl)n2nc(-c3ccccn3)cc2n1. The van der Waals surface area contributed by atoms with E-state index in [1.54, 1.807) is 10.7 Å². The lowest BCUT2D eigenvalue weighted by Gasteiger charge is -1.99. The van der Waals surface area contributed by atoms with Crippen LogP contribution in [0.25, 0.3) is 17.0 Å². The van der Waals surface area contributed by atoms with Crippen molar-refractivity contribution in [2.75, 3.05) is 0 Å². The summed E-state index contributed by atoms with van der Waals surface area (Å²) >= 11 is 6.18. The number of hydrogen-bond acceptors (Lipinski definition) is 3. The summed E-state index contributed by atoms with van der Waals surface area (Å²) in [6, 6.07) is 9.45. The van der Waals surface area contributed by atoms with Gasteiger partial charge in [0, 0.05) is 18.0 Å². The maximum absolute atomic E-state index is 6.18. The predicted molar refractivity (Wildman–Crippen MR) is 70.6 cm³/mol. The van der Waals surface area contributed by atoms with Crippen LogP contribution in [0.15, 0.2) is 36.5 Å². The summed E-state index contributed by atoms with van der Waals surface area (Å²) in [6.07, 6.45) is 2.59. The maximum atomic E-state index is 6.18. The summed E-state index contributed by atoms with van der Waals surface area (Å²) in [5.74, 6) is 0. The summed E-state index contributed by atoms with van der Waals surface area (Å²) in [5, 5.41) is 4.99. The molecule has 3 rings (SSSR count). The average Bonchev–Trinajstić information content (AvgIpc) is 2.84. The molecule has 0 atom stereocenters. The van der Waals surface area contributed by atoms with Crippen LogP contribution in [0.4, 0.5) is 0 Å². The van der Waals surface area contributed by atoms with E-state index in [1.165, 1.54) is 0 Å². The Morgan fingerprint density at radius 2 is 2.11 bits per heavy atom. The van der Waals surface area contributed by atoms with Crippen LogP contribution in [0.1, 0.15) is 12.6 Å². The molecule has 3 heterocycles. The Morgan fingerprint density at radius 1 is 1.22 bits per heavy atom. The first-order chi connectivity index (χ1) is 8.78. The molecule has 0 spiro atoms. The largest absolute Gasteiger partial charge is 0.255 e. The number of hydrogen-bond donors (Lipinski definition) is 0. The van der Waals surface area contributed by atoms with Crippen LogP contribution in [0.2, 0.25) is 5.15 Å². The van der Waals surface area contributed by atoms with Gasteiger partial charge in [-0.05, 0) is 24.6 Å². The molecular formula is C13H11ClN4. The smallest absolute Gasteiger partial charge is 0.157 e. The zero-order valence-electron chi connectivity index (χ0n) is 9.84. The Morgan fingerprint density at radius 3 is 2.83 bits per heavy atom. The van der Waals surface area contributed by atoms with Crippen molar-refractivity contribution in [1.29, 1.82) is 0 Å². The summed E-state index contributed by atoms with van der Waals surface area (Å²) in [4.78, 5) is 8.76. The van der Waals surface area contributed by atoms with E-state index < -0.39 is 0 Å². The van der Waals surface area contributed by atoms with Gasteiger partial charge in [0.05, 0.1) is 5.69 Å². The second kappa shape index (κ2) is 4.38. The molecule has 18 heavy (non-hydrogen) atoms. The Hall–Kier alpha value is -1.94. The number of pyridine rings is 1. The van der Waals surface area contributed by atoms with Crippen LogP contribution in [0.3, 0.4) is 0 Å². The van der Waals surface area contributed by atoms with Crippen molar-refractivity contribution in [3.8, 4) is 11.4 Å². The van der Waals surface area contributed by atoms with Gasteiger partial charge in [0.15, 0.2) is 5.65 Å². The molecule has 3 aromatic rings. The molecule has 0 aliphatic heterocycles. The number of aryl methyl sites for hydroxylation is 1. The first kappa shape index (κ1) is 11.2. The van der Waals surface area contributed by atoms with E-state index in [-0.39, 0.29) is 0 Å². The van der Waals surface area contributed by atoms with Crippen molar-refractivity contribution in [1.82, 2.24) is 19.6 Å². The molecule has 0 aromatic carbocycles. The lowest BCUT2D eigenvalue weighted by molar-refractivity contribution is 0.914. The average molecular weight is 259 g/mol. The first-order valence-electron chi connectivity index (χ1n) is 5.74. The Bertz CT molecular complexity index is 691. The van der Waals surface area contributed by atoms with E-state index in [2.05, 4.69) is 15.1 Å². The van der Waals surface area contributed by atoms with Crippen molar-refractivity contribution in [2.45, 2.75) is 13.3 Å². The second-order valence-electron chi connectivity index (χ2n) is 3.94. The molecule has 0 aliphatic rings. The van der Waals surface area contributed by atoms with Gasteiger partial charge in [0.2, 0.25) is 0 Å². The minimum atomic E-state index is 0.569. The predicted octanol–water partition coefficient (Wildman–Crippen LogP) is 3.01. The van der Waals surface area contributed by atoms with Crippen LogP contribution in [-0.2, 0) is 6.42 Å². The van der Waals surface area contributed by atoms with Crippen LogP contribution in [0.5, 0.6) is 0 Å². The molecule has 4 nitrogen and oxygen atoms in total. The maximum Gasteiger partial charge on any atom is 0.157 e. The number of fused-ring (bicyclic) bond motifs is 1. The van der Waals surface area contributed by atoms with Gasteiger partial charge in [-0.3, -0.25) is 4.98 Å². The molecule has 0 unspecified atom stereocenters. The van der Waals surface area contributed by atoms with Crippen molar-refractivity contribution in [2.24, 2.45) is 0 Å². The van der Waals surface area contributed by atoms with E-state index in [4.69, 9.17) is 11.6 Å². The van der Waals surface area contributed by atoms with Crippen molar-refractivity contribution in [3.05, 3.63) is 47.4 Å². The fraction of sp³-hybridized carbons (Fsp3) is 0.154. The Labute approximate surface area is 109 Å². The van der Waals surface area contributed by atoms with Crippen LogP contribution in [-0.4, -0.2) is 19.6 Å². The van der Waals surface area contributed by atoms with E-state index in [0.717, 1.165) is 29.1 Å². The van der Waals surface area contributed by atoms with Gasteiger partial charge in [0.1, 0.15) is 10.8 Å². The van der Waals surface area contributed by atoms with E-state index >= 15 is 0 Å². The highest BCUT2D eigenvalue weighted by atomic mass is 35.5. The van der Waals surface area contributed by atoms with Gasteiger partial charge in [-0.2, -0.15) is 5.10 Å². The van der Waals surface area contributed by atoms with Crippen LogP contribution in [0, 0.1) is 0 Å². The fourth-order valence-corrected chi connectivity index (χ4v) is 2.06. The molecule has 3 aromatic heterocycles. The minimum absolute atomic E-state index is 0.569. The van der Waals surface area contributed by atoms with Crippen LogP contribution >= 0.6 is 11.6 Å². The monoisotopic (exact) mass is 258 g/mol. The summed E-state index contributed by atoms with van der Waals surface area (Å²) < 4.78 is 1.63. The highest BCUT2D eigenvalue weighted by Crippen LogP contribution is 2.20. The van der Waals surface area contributed by atoms with Gasteiger partial charge < -0.3 is 0 Å². The number of aromatic nitrogens is 4. The topological polar surface area (TPSA) is 43.1 Å². The molecule has 0 bridgehead atoms. The van der Waals surface area contributed by atoms with Gasteiger partial charge in [-0.1, -0.05) is 24.6 Å². The number of rotatable bonds is 2. The quantitative estimate of drug-likeness (QED) is 0.664. The highest BCUT2D eigenvalue weighted by Gasteiger charge is 2.09. The molecule has 0 amide bonds. The molecule has 0 radical (unpaired) electrons. The molecular weight excluding hydrogens is 248 g/mol. The molecule has 0 aliphatic carbocycles. The zero-order valence-corrected chi connectivity index (χ0v) is 10.6. The van der Waals surface area contributed by atoms with Crippen molar-refractivity contribution in [3.63, 3.8) is 0 Å². The van der Waals surface area contributed by atoms with Gasteiger partial charge in [-0.25, -0.2) is 9.50 Å². The zero-order chi connectivity index (χ0) is 12.5. The van der Waals surface area contributed by atoms with Crippen molar-refractivity contribution < 1.29 is 0 Å². The number of nitrogens with zero attached hydrogens (tertiary/aromatic N) is 4. The molecule has 0 N–H and O–H groups in total. The second-order valence-corrected chi connectivity index (χ2v) is 4.33. The molecule has 5 heteroatoms. The summed E-state index contributed by atoms with van der Waals surface area (Å²) in [7, 11) is 0. The van der Waals surface area contributed by atoms with Crippen LogP contribution < -0.4 is 0 Å². The third kappa shape index (κ3) is 1.84. The number of halogens is 1. The Balaban J connectivity index is 2.20. The molecule has 0 fully saturated rings. The van der Waals surface area contributed by atoms with Crippen molar-refractivity contribution >= 4 is 17.2 Å². The molecule has 90 valence electrons. The van der Waals surface area contributed by atoms with Gasteiger partial charge in [-0.15, -0.1) is 0 Å². The lowest BCUT2D eigenvalue weighted by Crippen LogP contribution is -1.96. The lowest BCUT2D eigenvalue weighted by atomic mass is 10.3. The van der Waals surface area contributed by atoms with Gasteiger partial charge in [0.25, 0.3) is 0 Å². The standard InChI is InChI=1S/C13H11ClN4/c1-2-9-7-12(14)18-13(16-9)8-11(17-18)10-5-3-4-6-15-10/h3-8H,2H2,1H3. The highest BCUT2D eigenvalue weighted by molar-refractivity contribution is 6.29. The molecule has 0 saturated carbocycles. The summed E-state index contributed by atoms with van der Waals surface area (Å²) in [5.41, 5.74) is 3.30. The third-order valence-electron chi connectivity index (χ3n) is 2.73. The van der Waals surface area contributed by atoms with E-state index in [9.17, 15) is 0 Å². The summed E-state index contributed by atoms with van der Waals surface area (Å²) in [6.45, 7) is 2.05. The minimum Gasteiger partial charge on any atom is -0.255 e. The normalized spacial score (nSPS) is 11.0. The Kier molecular flexibility index (Phi) is 2.72. The third-order valence-corrected chi connectivity index (χ3v) is 3.00.